The van der Waals surface area contributed by atoms with Crippen LogP contribution in [0.1, 0.15) is 50.5 Å². The third-order valence-electron chi connectivity index (χ3n) is 3.02. The van der Waals surface area contributed by atoms with Crippen molar-refractivity contribution >= 4 is 17.8 Å². The van der Waals surface area contributed by atoms with Crippen LogP contribution in [-0.4, -0.2) is 23.0 Å². The Balaban J connectivity index is 3.06. The average Bonchev–Trinajstić information content (AvgIpc) is 2.45. The molecule has 0 fully saturated rings. The molecule has 118 valence electrons. The molecule has 4 nitrogen and oxygen atoms in total. The van der Waals surface area contributed by atoms with Crippen LogP contribution >= 0.6 is 0 Å². The number of nitrogens with zero attached hydrogens (tertiary/aromatic N) is 1. The molecule has 0 spiro atoms. The van der Waals surface area contributed by atoms with Crippen LogP contribution in [0.5, 0.6) is 0 Å². The van der Waals surface area contributed by atoms with Crippen molar-refractivity contribution in [3.63, 3.8) is 0 Å². The fourth-order valence-corrected chi connectivity index (χ4v) is 1.79. The Labute approximate surface area is 131 Å². The number of benzene rings is 1. The molecule has 22 heavy (non-hydrogen) atoms. The minimum atomic E-state index is -0.514. The summed E-state index contributed by atoms with van der Waals surface area (Å²) in [6.07, 6.45) is 4.79. The number of allylic oxidation sites excluding steroid dienone is 4. The van der Waals surface area contributed by atoms with Crippen molar-refractivity contribution in [3.8, 4) is 0 Å². The summed E-state index contributed by atoms with van der Waals surface area (Å²) in [5.74, 6) is -0.331. The molecule has 0 amide bonds. The third kappa shape index (κ3) is 5.56. The molecule has 0 bridgehead atoms. The normalized spacial score (nSPS) is 13.5. The van der Waals surface area contributed by atoms with Crippen molar-refractivity contribution in [1.82, 2.24) is 0 Å². The van der Waals surface area contributed by atoms with Crippen molar-refractivity contribution in [1.29, 1.82) is 0 Å². The van der Waals surface area contributed by atoms with Crippen LogP contribution < -0.4 is 0 Å². The maximum atomic E-state index is 12.1. The highest BCUT2D eigenvalue weighted by molar-refractivity contribution is 5.91. The summed E-state index contributed by atoms with van der Waals surface area (Å²) in [5, 5.41) is 11.3. The number of carbonyl (C=O) groups excluding carboxylic acids is 1. The van der Waals surface area contributed by atoms with Gasteiger partial charge >= 0.3 is 5.97 Å². The molecule has 0 aliphatic heterocycles. The first-order valence-electron chi connectivity index (χ1n) is 7.10. The lowest BCUT2D eigenvalue weighted by atomic mass is 10.00. The maximum Gasteiger partial charge on any atom is 0.338 e. The molecule has 4 heteroatoms. The van der Waals surface area contributed by atoms with Crippen molar-refractivity contribution in [2.75, 3.05) is 0 Å². The van der Waals surface area contributed by atoms with Crippen molar-refractivity contribution in [3.05, 3.63) is 53.1 Å². The fourth-order valence-electron chi connectivity index (χ4n) is 1.79. The zero-order valence-electron chi connectivity index (χ0n) is 13.8. The number of oxime groups is 1. The van der Waals surface area contributed by atoms with Crippen LogP contribution in [0, 0.1) is 0 Å². The van der Waals surface area contributed by atoms with Gasteiger partial charge in [-0.1, -0.05) is 23.4 Å². The molecule has 1 aromatic rings. The van der Waals surface area contributed by atoms with E-state index in [2.05, 4.69) is 5.16 Å². The summed E-state index contributed by atoms with van der Waals surface area (Å²) < 4.78 is 5.38. The van der Waals surface area contributed by atoms with E-state index in [1.54, 1.807) is 12.1 Å². The Bertz CT molecular complexity index is 619. The molecule has 0 aliphatic carbocycles. The number of esters is 1. The highest BCUT2D eigenvalue weighted by Gasteiger charge is 2.18. The summed E-state index contributed by atoms with van der Waals surface area (Å²) in [4.78, 5) is 12.1. The molecule has 0 atom stereocenters. The lowest BCUT2D eigenvalue weighted by molar-refractivity contribution is 0.00695. The molecule has 0 heterocycles. The van der Waals surface area contributed by atoms with Gasteiger partial charge in [0.15, 0.2) is 0 Å². The minimum absolute atomic E-state index is 0.331. The number of hydrogen-bond donors (Lipinski definition) is 1. The zero-order valence-corrected chi connectivity index (χ0v) is 13.8. The van der Waals surface area contributed by atoms with Gasteiger partial charge in [0.25, 0.3) is 0 Å². The van der Waals surface area contributed by atoms with Gasteiger partial charge in [0.05, 0.1) is 11.8 Å². The van der Waals surface area contributed by atoms with Gasteiger partial charge in [-0.05, 0) is 69.5 Å². The van der Waals surface area contributed by atoms with Gasteiger partial charge < -0.3 is 9.94 Å². The Morgan fingerprint density at radius 3 is 2.45 bits per heavy atom. The van der Waals surface area contributed by atoms with E-state index >= 15 is 0 Å². The third-order valence-corrected chi connectivity index (χ3v) is 3.02. The molecule has 0 aliphatic rings. The van der Waals surface area contributed by atoms with Gasteiger partial charge in [0.1, 0.15) is 5.60 Å². The molecule has 1 N–H and O–H groups in total. The van der Waals surface area contributed by atoms with Gasteiger partial charge in [-0.2, -0.15) is 0 Å². The van der Waals surface area contributed by atoms with Crippen LogP contribution in [0.15, 0.2) is 47.1 Å². The average molecular weight is 301 g/mol. The van der Waals surface area contributed by atoms with Crippen LogP contribution in [0.25, 0.3) is 5.57 Å². The summed E-state index contributed by atoms with van der Waals surface area (Å²) in [5.41, 5.74) is 3.02. The van der Waals surface area contributed by atoms with E-state index in [0.717, 1.165) is 16.7 Å². The lowest BCUT2D eigenvalue weighted by Crippen LogP contribution is -2.23. The van der Waals surface area contributed by atoms with Gasteiger partial charge in [-0.3, -0.25) is 0 Å². The molecule has 0 radical (unpaired) electrons. The molecule has 0 aromatic heterocycles. The Hall–Kier alpha value is -2.36. The van der Waals surface area contributed by atoms with Crippen molar-refractivity contribution in [2.24, 2.45) is 5.16 Å². The monoisotopic (exact) mass is 301 g/mol. The van der Waals surface area contributed by atoms with Gasteiger partial charge in [0, 0.05) is 0 Å². The SMILES string of the molecule is CC(/C=C\C=N\O)=C(/C)c1cccc(C(=O)OC(C)(C)C)c1. The molecule has 0 unspecified atom stereocenters. The summed E-state index contributed by atoms with van der Waals surface area (Å²) in [6.45, 7) is 9.47. The Morgan fingerprint density at radius 2 is 1.86 bits per heavy atom. The molecular formula is C18H23NO3. The fraction of sp³-hybridized carbons (Fsp3) is 0.333. The van der Waals surface area contributed by atoms with Crippen molar-refractivity contribution in [2.45, 2.75) is 40.2 Å². The first-order valence-corrected chi connectivity index (χ1v) is 7.10. The molecular weight excluding hydrogens is 278 g/mol. The second kappa shape index (κ2) is 7.59. The van der Waals surface area contributed by atoms with Gasteiger partial charge in [-0.25, -0.2) is 4.79 Å². The van der Waals surface area contributed by atoms with Crippen LogP contribution in [-0.2, 0) is 4.74 Å². The molecule has 0 saturated heterocycles. The van der Waals surface area contributed by atoms with E-state index in [0.29, 0.717) is 5.56 Å². The maximum absolute atomic E-state index is 12.1. The summed E-state index contributed by atoms with van der Waals surface area (Å²) in [6, 6.07) is 7.35. The Kier molecular flexibility index (Phi) is 6.11. The number of hydrogen-bond acceptors (Lipinski definition) is 4. The number of rotatable bonds is 4. The van der Waals surface area contributed by atoms with E-state index < -0.39 is 5.60 Å². The van der Waals surface area contributed by atoms with Crippen LogP contribution in [0.3, 0.4) is 0 Å². The highest BCUT2D eigenvalue weighted by atomic mass is 16.6. The lowest BCUT2D eigenvalue weighted by Gasteiger charge is -2.19. The van der Waals surface area contributed by atoms with Crippen LogP contribution in [0.4, 0.5) is 0 Å². The predicted molar refractivity (Wildman–Crippen MR) is 89.3 cm³/mol. The highest BCUT2D eigenvalue weighted by Crippen LogP contribution is 2.21. The smallest absolute Gasteiger partial charge is 0.338 e. The van der Waals surface area contributed by atoms with E-state index in [1.807, 2.05) is 58.9 Å². The van der Waals surface area contributed by atoms with E-state index in [-0.39, 0.29) is 5.97 Å². The summed E-state index contributed by atoms with van der Waals surface area (Å²) >= 11 is 0. The van der Waals surface area contributed by atoms with Crippen LogP contribution in [0.2, 0.25) is 0 Å². The van der Waals surface area contributed by atoms with Gasteiger partial charge in [0.2, 0.25) is 0 Å². The minimum Gasteiger partial charge on any atom is -0.456 e. The quantitative estimate of drug-likeness (QED) is 0.294. The number of carbonyl (C=O) groups is 1. The largest absolute Gasteiger partial charge is 0.456 e. The first kappa shape index (κ1) is 17.7. The first-order chi connectivity index (χ1) is 10.2. The zero-order chi connectivity index (χ0) is 16.8. The molecule has 1 aromatic carbocycles. The topological polar surface area (TPSA) is 58.9 Å². The number of ether oxygens (including phenoxy) is 1. The van der Waals surface area contributed by atoms with E-state index in [1.165, 1.54) is 6.21 Å². The standard InChI is InChI=1S/C18H23NO3/c1-13(8-7-11-19-21)14(2)15-9-6-10-16(12-15)17(20)22-18(3,4)5/h6-12,21H,1-5H3/b8-7-,14-13+,19-11+. The van der Waals surface area contributed by atoms with E-state index in [9.17, 15) is 4.79 Å². The predicted octanol–water partition coefficient (Wildman–Crippen LogP) is 4.45. The molecule has 1 rings (SSSR count). The van der Waals surface area contributed by atoms with E-state index in [4.69, 9.17) is 9.94 Å². The molecule has 0 saturated carbocycles. The second-order valence-electron chi connectivity index (χ2n) is 6.01. The second-order valence-corrected chi connectivity index (χ2v) is 6.01. The Morgan fingerprint density at radius 1 is 1.23 bits per heavy atom. The van der Waals surface area contributed by atoms with Crippen molar-refractivity contribution < 1.29 is 14.7 Å². The van der Waals surface area contributed by atoms with Gasteiger partial charge in [-0.15, -0.1) is 0 Å². The summed E-state index contributed by atoms with van der Waals surface area (Å²) in [7, 11) is 0.